The van der Waals surface area contributed by atoms with E-state index in [-0.39, 0.29) is 23.9 Å². The number of hydrogen-bond donors (Lipinski definition) is 1. The lowest BCUT2D eigenvalue weighted by Gasteiger charge is -2.21. The van der Waals surface area contributed by atoms with Crippen LogP contribution in [0.15, 0.2) is 29.4 Å². The zero-order valence-corrected chi connectivity index (χ0v) is 14.2. The Morgan fingerprint density at radius 3 is 2.50 bits per heavy atom. The summed E-state index contributed by atoms with van der Waals surface area (Å²) in [6.07, 6.45) is 0.546. The first-order valence-electron chi connectivity index (χ1n) is 8.01. The fraction of sp³-hybridized carbons (Fsp3) is 0.412. The first-order valence-corrected chi connectivity index (χ1v) is 8.01. The highest BCUT2D eigenvalue weighted by Gasteiger charge is 2.23. The van der Waals surface area contributed by atoms with Gasteiger partial charge in [-0.2, -0.15) is 5.10 Å². The molecule has 0 aliphatic carbocycles. The van der Waals surface area contributed by atoms with Gasteiger partial charge in [-0.05, 0) is 26.0 Å². The second-order valence-corrected chi connectivity index (χ2v) is 5.44. The molecule has 0 radical (unpaired) electrons. The Bertz CT molecular complexity index is 680. The fourth-order valence-corrected chi connectivity index (χ4v) is 2.49. The van der Waals surface area contributed by atoms with E-state index in [2.05, 4.69) is 10.4 Å². The SMILES string of the molecule is CCN(CC)C(=O)c1ccccc1NC(=O)C1=NN(C)C(=O)CC1. The van der Waals surface area contributed by atoms with Gasteiger partial charge >= 0.3 is 0 Å². The molecule has 1 aromatic carbocycles. The summed E-state index contributed by atoms with van der Waals surface area (Å²) in [7, 11) is 1.52. The summed E-state index contributed by atoms with van der Waals surface area (Å²) in [4.78, 5) is 38.1. The molecule has 1 aliphatic heterocycles. The first-order chi connectivity index (χ1) is 11.5. The van der Waals surface area contributed by atoms with Gasteiger partial charge in [0.05, 0.1) is 11.3 Å². The van der Waals surface area contributed by atoms with Crippen LogP contribution in [0, 0.1) is 0 Å². The van der Waals surface area contributed by atoms with Crippen molar-refractivity contribution in [1.82, 2.24) is 9.91 Å². The quantitative estimate of drug-likeness (QED) is 0.892. The van der Waals surface area contributed by atoms with Crippen LogP contribution in [0.25, 0.3) is 0 Å². The van der Waals surface area contributed by atoms with Crippen LogP contribution in [0.2, 0.25) is 0 Å². The molecule has 0 atom stereocenters. The summed E-state index contributed by atoms with van der Waals surface area (Å²) >= 11 is 0. The van der Waals surface area contributed by atoms with E-state index in [4.69, 9.17) is 0 Å². The number of para-hydroxylation sites is 1. The number of carbonyl (C=O) groups excluding carboxylic acids is 3. The summed E-state index contributed by atoms with van der Waals surface area (Å²) in [5.74, 6) is -0.647. The van der Waals surface area contributed by atoms with Gasteiger partial charge in [-0.3, -0.25) is 14.4 Å². The topological polar surface area (TPSA) is 82.1 Å². The Morgan fingerprint density at radius 1 is 1.21 bits per heavy atom. The highest BCUT2D eigenvalue weighted by atomic mass is 16.2. The maximum absolute atomic E-state index is 12.6. The van der Waals surface area contributed by atoms with Crippen molar-refractivity contribution in [2.45, 2.75) is 26.7 Å². The molecule has 128 valence electrons. The Hall–Kier alpha value is -2.70. The molecule has 0 saturated heterocycles. The van der Waals surface area contributed by atoms with Gasteiger partial charge < -0.3 is 10.2 Å². The third-order valence-electron chi connectivity index (χ3n) is 3.93. The molecule has 2 rings (SSSR count). The van der Waals surface area contributed by atoms with E-state index in [1.54, 1.807) is 29.2 Å². The van der Waals surface area contributed by atoms with Crippen molar-refractivity contribution in [3.63, 3.8) is 0 Å². The number of rotatable bonds is 5. The van der Waals surface area contributed by atoms with E-state index in [0.29, 0.717) is 30.8 Å². The van der Waals surface area contributed by atoms with Crippen LogP contribution in [-0.2, 0) is 9.59 Å². The zero-order valence-electron chi connectivity index (χ0n) is 14.2. The average molecular weight is 330 g/mol. The highest BCUT2D eigenvalue weighted by molar-refractivity contribution is 6.43. The Labute approximate surface area is 141 Å². The Morgan fingerprint density at radius 2 is 1.88 bits per heavy atom. The van der Waals surface area contributed by atoms with Crippen LogP contribution in [0.5, 0.6) is 0 Å². The van der Waals surface area contributed by atoms with Crippen molar-refractivity contribution < 1.29 is 14.4 Å². The number of carbonyl (C=O) groups is 3. The lowest BCUT2D eigenvalue weighted by molar-refractivity contribution is -0.130. The number of amides is 3. The summed E-state index contributed by atoms with van der Waals surface area (Å²) in [5, 5.41) is 7.91. The number of anilines is 1. The minimum atomic E-state index is -0.394. The second kappa shape index (κ2) is 7.72. The van der Waals surface area contributed by atoms with Gasteiger partial charge in [0, 0.05) is 33.0 Å². The molecule has 1 N–H and O–H groups in total. The largest absolute Gasteiger partial charge is 0.339 e. The maximum atomic E-state index is 12.6. The standard InChI is InChI=1S/C17H22N4O3/c1-4-21(5-2)17(24)12-8-6-7-9-13(12)18-16(23)14-10-11-15(22)20(3)19-14/h6-9H,4-5,10-11H2,1-3H3,(H,18,23). The van der Waals surface area contributed by atoms with Gasteiger partial charge in [-0.25, -0.2) is 5.01 Å². The van der Waals surface area contributed by atoms with E-state index in [1.165, 1.54) is 12.1 Å². The molecule has 1 aliphatic rings. The van der Waals surface area contributed by atoms with Crippen molar-refractivity contribution in [2.75, 3.05) is 25.5 Å². The predicted octanol–water partition coefficient (Wildman–Crippen LogP) is 1.72. The lowest BCUT2D eigenvalue weighted by Crippen LogP contribution is -2.35. The second-order valence-electron chi connectivity index (χ2n) is 5.44. The van der Waals surface area contributed by atoms with Crippen molar-refractivity contribution in [2.24, 2.45) is 5.10 Å². The van der Waals surface area contributed by atoms with Gasteiger partial charge in [-0.1, -0.05) is 12.1 Å². The smallest absolute Gasteiger partial charge is 0.271 e. The minimum absolute atomic E-state index is 0.122. The number of nitrogens with zero attached hydrogens (tertiary/aromatic N) is 3. The van der Waals surface area contributed by atoms with Crippen LogP contribution in [-0.4, -0.2) is 53.5 Å². The van der Waals surface area contributed by atoms with E-state index in [0.717, 1.165) is 0 Å². The number of hydrogen-bond acceptors (Lipinski definition) is 4. The Balaban J connectivity index is 2.22. The normalized spacial score (nSPS) is 14.2. The summed E-state index contributed by atoms with van der Waals surface area (Å²) in [6.45, 7) is 5.01. The predicted molar refractivity (Wildman–Crippen MR) is 91.8 cm³/mol. The van der Waals surface area contributed by atoms with Gasteiger partial charge in [0.15, 0.2) is 0 Å². The van der Waals surface area contributed by atoms with Crippen LogP contribution < -0.4 is 5.32 Å². The van der Waals surface area contributed by atoms with Crippen LogP contribution in [0.3, 0.4) is 0 Å². The molecule has 0 aromatic heterocycles. The van der Waals surface area contributed by atoms with Crippen molar-refractivity contribution in [3.8, 4) is 0 Å². The molecule has 0 spiro atoms. The fourth-order valence-electron chi connectivity index (χ4n) is 2.49. The third kappa shape index (κ3) is 3.79. The molecule has 0 fully saturated rings. The molecule has 7 heteroatoms. The molecule has 1 aromatic rings. The van der Waals surface area contributed by atoms with Gasteiger partial charge in [0.25, 0.3) is 11.8 Å². The van der Waals surface area contributed by atoms with Crippen LogP contribution >= 0.6 is 0 Å². The molecular formula is C17H22N4O3. The summed E-state index contributed by atoms with van der Waals surface area (Å²) in [5.41, 5.74) is 1.17. The minimum Gasteiger partial charge on any atom is -0.339 e. The molecule has 0 unspecified atom stereocenters. The molecule has 0 saturated carbocycles. The molecule has 3 amide bonds. The maximum Gasteiger partial charge on any atom is 0.271 e. The molecular weight excluding hydrogens is 308 g/mol. The zero-order chi connectivity index (χ0) is 17.7. The van der Waals surface area contributed by atoms with E-state index < -0.39 is 5.91 Å². The van der Waals surface area contributed by atoms with Crippen molar-refractivity contribution in [3.05, 3.63) is 29.8 Å². The van der Waals surface area contributed by atoms with E-state index in [9.17, 15) is 14.4 Å². The average Bonchev–Trinajstić information content (AvgIpc) is 2.58. The molecule has 7 nitrogen and oxygen atoms in total. The van der Waals surface area contributed by atoms with Gasteiger partial charge in [-0.15, -0.1) is 0 Å². The van der Waals surface area contributed by atoms with Crippen molar-refractivity contribution in [1.29, 1.82) is 0 Å². The number of hydrazone groups is 1. The molecule has 0 bridgehead atoms. The summed E-state index contributed by atoms with van der Waals surface area (Å²) < 4.78 is 0. The van der Waals surface area contributed by atoms with E-state index in [1.807, 2.05) is 13.8 Å². The van der Waals surface area contributed by atoms with Crippen molar-refractivity contribution >= 4 is 29.1 Å². The Kier molecular flexibility index (Phi) is 5.68. The van der Waals surface area contributed by atoms with E-state index >= 15 is 0 Å². The lowest BCUT2D eigenvalue weighted by atomic mass is 10.1. The van der Waals surface area contributed by atoms with Gasteiger partial charge in [0.2, 0.25) is 5.91 Å². The first kappa shape index (κ1) is 17.7. The summed E-state index contributed by atoms with van der Waals surface area (Å²) in [6, 6.07) is 6.89. The third-order valence-corrected chi connectivity index (χ3v) is 3.93. The molecule has 24 heavy (non-hydrogen) atoms. The molecule has 1 heterocycles. The van der Waals surface area contributed by atoms with Crippen LogP contribution in [0.1, 0.15) is 37.0 Å². The monoisotopic (exact) mass is 330 g/mol. The number of nitrogens with one attached hydrogen (secondary N) is 1. The van der Waals surface area contributed by atoms with Gasteiger partial charge in [0.1, 0.15) is 5.71 Å². The number of benzene rings is 1. The highest BCUT2D eigenvalue weighted by Crippen LogP contribution is 2.18. The van der Waals surface area contributed by atoms with Crippen LogP contribution in [0.4, 0.5) is 5.69 Å².